The van der Waals surface area contributed by atoms with Crippen LogP contribution in [-0.2, 0) is 14.0 Å². The van der Waals surface area contributed by atoms with Gasteiger partial charge in [0.2, 0.25) is 0 Å². The van der Waals surface area contributed by atoms with E-state index in [-0.39, 0.29) is 24.2 Å². The predicted octanol–water partition coefficient (Wildman–Crippen LogP) is -0.0595. The van der Waals surface area contributed by atoms with Gasteiger partial charge >= 0.3 is 13.7 Å². The molecule has 0 saturated carbocycles. The molecule has 1 unspecified atom stereocenters. The highest BCUT2D eigenvalue weighted by molar-refractivity contribution is 7.51. The summed E-state index contributed by atoms with van der Waals surface area (Å²) in [6, 6.07) is -0.0494. The van der Waals surface area contributed by atoms with Crippen LogP contribution < -0.4 is 0 Å². The normalized spacial score (nSPS) is 29.8. The lowest BCUT2D eigenvalue weighted by atomic mass is 9.92. The number of ether oxygens (including phenoxy) is 2. The van der Waals surface area contributed by atoms with Crippen LogP contribution in [0.5, 0.6) is 0 Å². The minimum absolute atomic E-state index is 0.0494. The molecule has 1 amide bonds. The summed E-state index contributed by atoms with van der Waals surface area (Å²) < 4.78 is 23.9. The van der Waals surface area contributed by atoms with Gasteiger partial charge in [0.1, 0.15) is 35.7 Å². The summed E-state index contributed by atoms with van der Waals surface area (Å²) in [5, 5.41) is 38.9. The maximum Gasteiger partial charge on any atom is 0.410 e. The number of nitrogens with zero attached hydrogens (tertiary/aromatic N) is 4. The van der Waals surface area contributed by atoms with Crippen LogP contribution in [0.4, 0.5) is 4.79 Å². The second kappa shape index (κ2) is 9.95. The zero-order valence-corrected chi connectivity index (χ0v) is 19.8. The molecule has 0 bridgehead atoms. The van der Waals surface area contributed by atoms with Gasteiger partial charge < -0.3 is 39.5 Å². The second-order valence-corrected chi connectivity index (χ2v) is 11.3. The van der Waals surface area contributed by atoms with E-state index in [0.717, 1.165) is 0 Å². The largest absolute Gasteiger partial charge is 0.444 e. The van der Waals surface area contributed by atoms with Gasteiger partial charge in [-0.25, -0.2) is 9.48 Å². The SMILES string of the molecule is CC(C)(C)OC(=O)N1CCC(n2cc(C3O[C@H](CCP(=O)(O)O)[C@@H](O)[C@H](O)[C@@H]3O)nn2)CC1. The Morgan fingerprint density at radius 2 is 1.82 bits per heavy atom. The van der Waals surface area contributed by atoms with Gasteiger partial charge in [0.25, 0.3) is 0 Å². The third-order valence-electron chi connectivity index (χ3n) is 5.73. The van der Waals surface area contributed by atoms with E-state index in [2.05, 4.69) is 10.3 Å². The molecule has 5 atom stereocenters. The third-order valence-corrected chi connectivity index (χ3v) is 6.57. The summed E-state index contributed by atoms with van der Waals surface area (Å²) in [5.74, 6) is 0. The number of hydrogen-bond donors (Lipinski definition) is 5. The van der Waals surface area contributed by atoms with Gasteiger partial charge in [-0.3, -0.25) is 4.57 Å². The number of amides is 1. The smallest absolute Gasteiger partial charge is 0.410 e. The summed E-state index contributed by atoms with van der Waals surface area (Å²) in [4.78, 5) is 32.1. The molecule has 14 heteroatoms. The lowest BCUT2D eigenvalue weighted by Gasteiger charge is -2.40. The summed E-state index contributed by atoms with van der Waals surface area (Å²) >= 11 is 0. The summed E-state index contributed by atoms with van der Waals surface area (Å²) in [6.45, 7) is 6.38. The molecule has 13 nitrogen and oxygen atoms in total. The molecule has 1 aromatic heterocycles. The van der Waals surface area contributed by atoms with Crippen LogP contribution in [0.1, 0.15) is 57.9 Å². The van der Waals surface area contributed by atoms with E-state index in [9.17, 15) is 24.7 Å². The van der Waals surface area contributed by atoms with E-state index in [0.29, 0.717) is 25.9 Å². The van der Waals surface area contributed by atoms with Crippen molar-refractivity contribution in [3.63, 3.8) is 0 Å². The standard InChI is InChI=1S/C19H33N4O9P/c1-19(2,3)32-18(27)22-7-4-11(5-8-22)23-10-12(20-21-23)17-16(26)15(25)14(24)13(31-17)6-9-33(28,29)30/h10-11,13-17,24-26H,4-9H2,1-3H3,(H2,28,29,30)/t13-,14-,15+,16+,17?/m1/s1. The molecule has 2 aliphatic heterocycles. The Morgan fingerprint density at radius 1 is 1.18 bits per heavy atom. The first-order valence-corrected chi connectivity index (χ1v) is 12.7. The quantitative estimate of drug-likeness (QED) is 0.346. The zero-order valence-electron chi connectivity index (χ0n) is 18.9. The minimum atomic E-state index is -4.33. The molecule has 2 aliphatic rings. The molecule has 3 heterocycles. The number of piperidine rings is 1. The minimum Gasteiger partial charge on any atom is -0.444 e. The molecule has 5 N–H and O–H groups in total. The number of likely N-dealkylation sites (tertiary alicyclic amines) is 1. The molecule has 0 radical (unpaired) electrons. The van der Waals surface area contributed by atoms with Crippen molar-refractivity contribution in [3.8, 4) is 0 Å². The Bertz CT molecular complexity index is 862. The fraction of sp³-hybridized carbons (Fsp3) is 0.842. The van der Waals surface area contributed by atoms with Gasteiger partial charge in [-0.1, -0.05) is 5.21 Å². The van der Waals surface area contributed by atoms with Gasteiger partial charge in [-0.05, 0) is 40.0 Å². The average molecular weight is 492 g/mol. The number of aliphatic hydroxyl groups excluding tert-OH is 3. The Morgan fingerprint density at radius 3 is 2.39 bits per heavy atom. The lowest BCUT2D eigenvalue weighted by molar-refractivity contribution is -0.225. The number of aromatic nitrogens is 3. The van der Waals surface area contributed by atoms with Crippen LogP contribution in [0.15, 0.2) is 6.20 Å². The van der Waals surface area contributed by atoms with Crippen LogP contribution in [0, 0.1) is 0 Å². The molecular weight excluding hydrogens is 459 g/mol. The fourth-order valence-electron chi connectivity index (χ4n) is 3.97. The first kappa shape index (κ1) is 26.0. The Labute approximate surface area is 191 Å². The van der Waals surface area contributed by atoms with Crippen LogP contribution >= 0.6 is 7.60 Å². The third kappa shape index (κ3) is 6.72. The van der Waals surface area contributed by atoms with E-state index in [4.69, 9.17) is 19.3 Å². The average Bonchev–Trinajstić information content (AvgIpc) is 3.19. The van der Waals surface area contributed by atoms with E-state index in [1.165, 1.54) is 0 Å². The van der Waals surface area contributed by atoms with Gasteiger partial charge in [-0.15, -0.1) is 5.10 Å². The van der Waals surface area contributed by atoms with Crippen molar-refractivity contribution in [1.29, 1.82) is 0 Å². The maximum absolute atomic E-state index is 12.2. The summed E-state index contributed by atoms with van der Waals surface area (Å²) in [5.41, 5.74) is -0.346. The van der Waals surface area contributed by atoms with Crippen molar-refractivity contribution in [1.82, 2.24) is 19.9 Å². The van der Waals surface area contributed by atoms with Crippen molar-refractivity contribution in [2.45, 2.75) is 82.2 Å². The van der Waals surface area contributed by atoms with E-state index < -0.39 is 49.9 Å². The number of carbonyl (C=O) groups is 1. The number of aliphatic hydroxyl groups is 3. The molecule has 188 valence electrons. The Balaban J connectivity index is 1.63. The van der Waals surface area contributed by atoms with E-state index in [1.807, 2.05) is 20.8 Å². The van der Waals surface area contributed by atoms with E-state index >= 15 is 0 Å². The monoisotopic (exact) mass is 492 g/mol. The lowest BCUT2D eigenvalue weighted by Crippen LogP contribution is -2.54. The number of carbonyl (C=O) groups excluding carboxylic acids is 1. The van der Waals surface area contributed by atoms with Gasteiger partial charge in [-0.2, -0.15) is 0 Å². The van der Waals surface area contributed by atoms with Crippen molar-refractivity contribution in [2.24, 2.45) is 0 Å². The number of rotatable bonds is 5. The first-order valence-electron chi connectivity index (χ1n) is 10.9. The van der Waals surface area contributed by atoms with Crippen molar-refractivity contribution >= 4 is 13.7 Å². The van der Waals surface area contributed by atoms with Crippen LogP contribution in [0.3, 0.4) is 0 Å². The summed E-state index contributed by atoms with van der Waals surface area (Å²) in [6.07, 6.45) is -5.10. The molecule has 0 spiro atoms. The van der Waals surface area contributed by atoms with Crippen LogP contribution in [0.25, 0.3) is 0 Å². The molecule has 33 heavy (non-hydrogen) atoms. The Hall–Kier alpha value is -1.60. The van der Waals surface area contributed by atoms with Crippen LogP contribution in [-0.4, -0.2) is 100 Å². The topological polar surface area (TPSA) is 188 Å². The summed E-state index contributed by atoms with van der Waals surface area (Å²) in [7, 11) is -4.33. The molecule has 3 rings (SSSR count). The zero-order chi connectivity index (χ0) is 24.6. The van der Waals surface area contributed by atoms with Gasteiger partial charge in [0, 0.05) is 13.1 Å². The second-order valence-electron chi connectivity index (χ2n) is 9.57. The van der Waals surface area contributed by atoms with E-state index in [1.54, 1.807) is 15.8 Å². The molecule has 2 saturated heterocycles. The van der Waals surface area contributed by atoms with Crippen molar-refractivity contribution < 1.29 is 43.9 Å². The van der Waals surface area contributed by atoms with Crippen molar-refractivity contribution in [2.75, 3.05) is 19.3 Å². The van der Waals surface area contributed by atoms with Crippen molar-refractivity contribution in [3.05, 3.63) is 11.9 Å². The molecular formula is C19H33N4O9P. The number of hydrogen-bond acceptors (Lipinski definition) is 9. The Kier molecular flexibility index (Phi) is 7.84. The molecule has 1 aromatic rings. The predicted molar refractivity (Wildman–Crippen MR) is 113 cm³/mol. The van der Waals surface area contributed by atoms with Crippen LogP contribution in [0.2, 0.25) is 0 Å². The maximum atomic E-state index is 12.2. The highest BCUT2D eigenvalue weighted by Crippen LogP contribution is 2.39. The highest BCUT2D eigenvalue weighted by Gasteiger charge is 2.45. The molecule has 2 fully saturated rings. The van der Waals surface area contributed by atoms with Gasteiger partial charge in [0.15, 0.2) is 0 Å². The first-order chi connectivity index (χ1) is 15.2. The fourth-order valence-corrected chi connectivity index (χ4v) is 4.56. The van der Waals surface area contributed by atoms with Gasteiger partial charge in [0.05, 0.1) is 24.5 Å². The highest BCUT2D eigenvalue weighted by atomic mass is 31.2. The molecule has 0 aromatic carbocycles. The molecule has 0 aliphatic carbocycles.